The van der Waals surface area contributed by atoms with Crippen LogP contribution in [0.15, 0.2) is 0 Å². The molecule has 1 aliphatic heterocycles. The van der Waals surface area contributed by atoms with Crippen LogP contribution in [0.3, 0.4) is 0 Å². The highest BCUT2D eigenvalue weighted by atomic mass is 35.5. The number of rotatable bonds is 5. The maximum Gasteiger partial charge on any atom is 0.231 e. The van der Waals surface area contributed by atoms with Crippen LogP contribution in [0.1, 0.15) is 47.0 Å². The lowest BCUT2D eigenvalue weighted by Crippen LogP contribution is -2.39. The molecule has 21 heavy (non-hydrogen) atoms. The number of hydrogen-bond donors (Lipinski definition) is 0. The van der Waals surface area contributed by atoms with Gasteiger partial charge in [0.1, 0.15) is 0 Å². The third kappa shape index (κ3) is 3.76. The van der Waals surface area contributed by atoms with Crippen molar-refractivity contribution in [2.75, 3.05) is 36.0 Å². The van der Waals surface area contributed by atoms with E-state index in [0.717, 1.165) is 32.1 Å². The minimum atomic E-state index is 0.283. The first-order valence-electron chi connectivity index (χ1n) is 7.92. The van der Waals surface area contributed by atoms with E-state index in [1.54, 1.807) is 0 Å². The van der Waals surface area contributed by atoms with Gasteiger partial charge in [-0.25, -0.2) is 0 Å². The number of hydrogen-bond acceptors (Lipinski definition) is 5. The van der Waals surface area contributed by atoms with Crippen molar-refractivity contribution in [2.45, 2.75) is 47.0 Å². The molecule has 2 rings (SSSR count). The molecule has 1 saturated heterocycles. The highest BCUT2D eigenvalue weighted by molar-refractivity contribution is 6.28. The van der Waals surface area contributed by atoms with Crippen LogP contribution >= 0.6 is 11.6 Å². The second-order valence-corrected chi connectivity index (χ2v) is 6.37. The fourth-order valence-electron chi connectivity index (χ4n) is 2.72. The molecule has 0 bridgehead atoms. The van der Waals surface area contributed by atoms with Crippen molar-refractivity contribution < 1.29 is 0 Å². The number of nitrogens with zero attached hydrogens (tertiary/aromatic N) is 5. The highest BCUT2D eigenvalue weighted by Crippen LogP contribution is 2.35. The van der Waals surface area contributed by atoms with Gasteiger partial charge in [-0.2, -0.15) is 15.0 Å². The van der Waals surface area contributed by atoms with E-state index in [0.29, 0.717) is 11.4 Å². The summed E-state index contributed by atoms with van der Waals surface area (Å²) in [4.78, 5) is 17.5. The predicted octanol–water partition coefficient (Wildman–Crippen LogP) is 3.39. The van der Waals surface area contributed by atoms with E-state index in [2.05, 4.69) is 52.4 Å². The van der Waals surface area contributed by atoms with Crippen LogP contribution in [-0.4, -0.2) is 41.1 Å². The Hall–Kier alpha value is -1.10. The van der Waals surface area contributed by atoms with Crippen molar-refractivity contribution in [3.63, 3.8) is 0 Å². The Labute approximate surface area is 132 Å². The molecule has 0 spiro atoms. The fourth-order valence-corrected chi connectivity index (χ4v) is 2.87. The summed E-state index contributed by atoms with van der Waals surface area (Å²) in [5.41, 5.74) is 0.453. The Morgan fingerprint density at radius 2 is 1.71 bits per heavy atom. The van der Waals surface area contributed by atoms with Crippen LogP contribution in [0.5, 0.6) is 0 Å². The van der Waals surface area contributed by atoms with Gasteiger partial charge >= 0.3 is 0 Å². The zero-order chi connectivity index (χ0) is 15.5. The van der Waals surface area contributed by atoms with Crippen LogP contribution in [-0.2, 0) is 0 Å². The molecule has 1 aromatic heterocycles. The third-order valence-electron chi connectivity index (χ3n) is 4.74. The van der Waals surface area contributed by atoms with E-state index >= 15 is 0 Å². The lowest BCUT2D eigenvalue weighted by atomic mass is 9.78. The number of aromatic nitrogens is 3. The SMILES string of the molecule is CCN(CC)c1nc(Cl)nc(N2CCC(C)(CC)CC2)n1. The van der Waals surface area contributed by atoms with Crippen molar-refractivity contribution in [1.82, 2.24) is 15.0 Å². The van der Waals surface area contributed by atoms with Crippen LogP contribution in [0, 0.1) is 5.41 Å². The largest absolute Gasteiger partial charge is 0.341 e. The molecule has 0 N–H and O–H groups in total. The van der Waals surface area contributed by atoms with Crippen LogP contribution < -0.4 is 9.80 Å². The summed E-state index contributed by atoms with van der Waals surface area (Å²) < 4.78 is 0. The fraction of sp³-hybridized carbons (Fsp3) is 0.800. The molecule has 1 fully saturated rings. The minimum Gasteiger partial charge on any atom is -0.341 e. The lowest BCUT2D eigenvalue weighted by Gasteiger charge is -2.39. The topological polar surface area (TPSA) is 45.2 Å². The summed E-state index contributed by atoms with van der Waals surface area (Å²) in [5.74, 6) is 1.40. The molecule has 1 aliphatic rings. The van der Waals surface area contributed by atoms with Gasteiger partial charge in [-0.1, -0.05) is 20.3 Å². The number of anilines is 2. The maximum atomic E-state index is 6.10. The van der Waals surface area contributed by atoms with E-state index in [1.165, 1.54) is 19.3 Å². The second-order valence-electron chi connectivity index (χ2n) is 6.03. The Morgan fingerprint density at radius 3 is 2.24 bits per heavy atom. The van der Waals surface area contributed by atoms with Gasteiger partial charge in [0.15, 0.2) is 0 Å². The average molecular weight is 312 g/mol. The molecule has 2 heterocycles. The molecule has 5 nitrogen and oxygen atoms in total. The first-order chi connectivity index (χ1) is 10.0. The molecular formula is C15H26ClN5. The van der Waals surface area contributed by atoms with Gasteiger partial charge in [0.25, 0.3) is 0 Å². The normalized spacial score (nSPS) is 17.9. The molecule has 0 amide bonds. The Kier molecular flexibility index (Phi) is 5.25. The molecule has 0 unspecified atom stereocenters. The number of piperidine rings is 1. The Balaban J connectivity index is 2.17. The molecule has 0 saturated carbocycles. The second kappa shape index (κ2) is 6.77. The summed E-state index contributed by atoms with van der Waals surface area (Å²) in [7, 11) is 0. The van der Waals surface area contributed by atoms with E-state index < -0.39 is 0 Å². The van der Waals surface area contributed by atoms with Crippen molar-refractivity contribution in [3.05, 3.63) is 5.28 Å². The first kappa shape index (κ1) is 16.3. The van der Waals surface area contributed by atoms with Crippen molar-refractivity contribution in [1.29, 1.82) is 0 Å². The molecule has 0 atom stereocenters. The summed E-state index contributed by atoms with van der Waals surface area (Å²) in [6, 6.07) is 0. The monoisotopic (exact) mass is 311 g/mol. The quantitative estimate of drug-likeness (QED) is 0.834. The summed E-state index contributed by atoms with van der Waals surface area (Å²) >= 11 is 6.10. The van der Waals surface area contributed by atoms with Gasteiger partial charge in [-0.05, 0) is 43.7 Å². The standard InChI is InChI=1S/C15H26ClN5/c1-5-15(4)8-10-21(11-9-15)14-18-12(16)17-13(19-14)20(6-2)7-3/h5-11H2,1-4H3. The zero-order valence-corrected chi connectivity index (χ0v) is 14.3. The first-order valence-corrected chi connectivity index (χ1v) is 8.30. The summed E-state index contributed by atoms with van der Waals surface area (Å²) in [5, 5.41) is 0.283. The van der Waals surface area contributed by atoms with E-state index in [-0.39, 0.29) is 5.28 Å². The van der Waals surface area contributed by atoms with Gasteiger partial charge < -0.3 is 9.80 Å². The summed E-state index contributed by atoms with van der Waals surface area (Å²) in [6.45, 7) is 12.5. The maximum absolute atomic E-state index is 6.10. The molecule has 1 aromatic rings. The number of halogens is 1. The molecule has 0 radical (unpaired) electrons. The van der Waals surface area contributed by atoms with Gasteiger partial charge in [-0.3, -0.25) is 0 Å². The molecule has 0 aromatic carbocycles. The minimum absolute atomic E-state index is 0.283. The predicted molar refractivity (Wildman–Crippen MR) is 88.2 cm³/mol. The smallest absolute Gasteiger partial charge is 0.231 e. The Morgan fingerprint density at radius 1 is 1.10 bits per heavy atom. The van der Waals surface area contributed by atoms with Gasteiger partial charge in [0, 0.05) is 26.2 Å². The van der Waals surface area contributed by atoms with Gasteiger partial charge in [-0.15, -0.1) is 0 Å². The van der Waals surface area contributed by atoms with E-state index in [4.69, 9.17) is 11.6 Å². The summed E-state index contributed by atoms with van der Waals surface area (Å²) in [6.07, 6.45) is 3.57. The van der Waals surface area contributed by atoms with E-state index in [1.807, 2.05) is 0 Å². The van der Waals surface area contributed by atoms with Crippen molar-refractivity contribution >= 4 is 23.5 Å². The zero-order valence-electron chi connectivity index (χ0n) is 13.6. The Bertz CT molecular complexity index is 467. The van der Waals surface area contributed by atoms with Crippen LogP contribution in [0.4, 0.5) is 11.9 Å². The van der Waals surface area contributed by atoms with Crippen molar-refractivity contribution in [2.24, 2.45) is 5.41 Å². The molecular weight excluding hydrogens is 286 g/mol. The average Bonchev–Trinajstić information content (AvgIpc) is 2.49. The molecule has 6 heteroatoms. The molecule has 118 valence electrons. The third-order valence-corrected chi connectivity index (χ3v) is 4.91. The van der Waals surface area contributed by atoms with Crippen LogP contribution in [0.2, 0.25) is 5.28 Å². The van der Waals surface area contributed by atoms with Crippen molar-refractivity contribution in [3.8, 4) is 0 Å². The highest BCUT2D eigenvalue weighted by Gasteiger charge is 2.29. The van der Waals surface area contributed by atoms with Crippen LogP contribution in [0.25, 0.3) is 0 Å². The lowest BCUT2D eigenvalue weighted by molar-refractivity contribution is 0.237. The van der Waals surface area contributed by atoms with Gasteiger partial charge in [0.05, 0.1) is 0 Å². The molecule has 0 aliphatic carbocycles. The van der Waals surface area contributed by atoms with Gasteiger partial charge in [0.2, 0.25) is 17.2 Å². The van der Waals surface area contributed by atoms with E-state index in [9.17, 15) is 0 Å².